The van der Waals surface area contributed by atoms with Crippen molar-refractivity contribution in [3.8, 4) is 5.75 Å². The number of rotatable bonds is 9. The molecule has 0 aliphatic rings. The fourth-order valence-electron chi connectivity index (χ4n) is 2.27. The zero-order valence-corrected chi connectivity index (χ0v) is 14.1. The normalized spacial score (nSPS) is 10.4. The maximum atomic E-state index is 5.36. The van der Waals surface area contributed by atoms with Gasteiger partial charge in [0, 0.05) is 20.1 Å². The maximum Gasteiger partial charge on any atom is 0.247 e. The van der Waals surface area contributed by atoms with Gasteiger partial charge >= 0.3 is 0 Å². The lowest BCUT2D eigenvalue weighted by Crippen LogP contribution is -2.22. The largest absolute Gasteiger partial charge is 0.496 e. The van der Waals surface area contributed by atoms with Gasteiger partial charge in [-0.05, 0) is 24.5 Å². The second kappa shape index (κ2) is 8.92. The minimum atomic E-state index is 0.653. The van der Waals surface area contributed by atoms with Crippen LogP contribution in [0, 0.1) is 0 Å². The summed E-state index contributed by atoms with van der Waals surface area (Å²) in [5.74, 6) is 2.31. The molecule has 0 radical (unpaired) electrons. The van der Waals surface area contributed by atoms with E-state index in [4.69, 9.17) is 4.74 Å². The molecule has 6 heteroatoms. The van der Waals surface area contributed by atoms with E-state index in [0.717, 1.165) is 43.9 Å². The van der Waals surface area contributed by atoms with Crippen LogP contribution in [0.15, 0.2) is 30.5 Å². The number of anilines is 2. The third kappa shape index (κ3) is 5.09. The molecular weight excluding hydrogens is 290 g/mol. The Morgan fingerprint density at radius 1 is 1.26 bits per heavy atom. The monoisotopic (exact) mass is 315 g/mol. The third-order valence-electron chi connectivity index (χ3n) is 3.63. The fourth-order valence-corrected chi connectivity index (χ4v) is 2.27. The van der Waals surface area contributed by atoms with Crippen molar-refractivity contribution in [2.75, 3.05) is 37.5 Å². The second-order valence-electron chi connectivity index (χ2n) is 5.41. The third-order valence-corrected chi connectivity index (χ3v) is 3.63. The first-order valence-electron chi connectivity index (χ1n) is 8.01. The van der Waals surface area contributed by atoms with E-state index in [-0.39, 0.29) is 0 Å². The van der Waals surface area contributed by atoms with E-state index >= 15 is 0 Å². The second-order valence-corrected chi connectivity index (χ2v) is 5.41. The number of unbranched alkanes of at least 4 members (excludes halogenated alkanes) is 1. The van der Waals surface area contributed by atoms with E-state index in [1.807, 2.05) is 30.1 Å². The molecule has 0 amide bonds. The standard InChI is InChI=1S/C17H25N5O/c1-4-5-12-22(2)17-20-16(13-19-21-17)18-11-10-14-8-6-7-9-15(14)23-3/h6-9,13H,4-5,10-12H2,1-3H3,(H,18,20,21). The Morgan fingerprint density at radius 2 is 2.09 bits per heavy atom. The van der Waals surface area contributed by atoms with Crippen LogP contribution in [-0.4, -0.2) is 42.4 Å². The minimum absolute atomic E-state index is 0.653. The molecule has 0 bridgehead atoms. The number of hydrogen-bond donors (Lipinski definition) is 1. The molecular formula is C17H25N5O. The lowest BCUT2D eigenvalue weighted by atomic mass is 10.1. The van der Waals surface area contributed by atoms with Crippen LogP contribution < -0.4 is 15.0 Å². The van der Waals surface area contributed by atoms with Crippen LogP contribution in [0.1, 0.15) is 25.3 Å². The highest BCUT2D eigenvalue weighted by Crippen LogP contribution is 2.17. The average molecular weight is 315 g/mol. The van der Waals surface area contributed by atoms with Gasteiger partial charge < -0.3 is 15.0 Å². The Morgan fingerprint density at radius 3 is 2.87 bits per heavy atom. The molecule has 124 valence electrons. The number of hydrogen-bond acceptors (Lipinski definition) is 6. The quantitative estimate of drug-likeness (QED) is 0.768. The number of para-hydroxylation sites is 1. The number of ether oxygens (including phenoxy) is 1. The van der Waals surface area contributed by atoms with E-state index in [1.54, 1.807) is 13.3 Å². The molecule has 0 aliphatic carbocycles. The summed E-state index contributed by atoms with van der Waals surface area (Å²) in [4.78, 5) is 6.54. The van der Waals surface area contributed by atoms with Gasteiger partial charge in [-0.25, -0.2) is 0 Å². The van der Waals surface area contributed by atoms with Crippen molar-refractivity contribution < 1.29 is 4.74 Å². The Labute approximate surface area is 137 Å². The summed E-state index contributed by atoms with van der Waals surface area (Å²) < 4.78 is 5.36. The average Bonchev–Trinajstić information content (AvgIpc) is 2.60. The number of aromatic nitrogens is 3. The van der Waals surface area contributed by atoms with Gasteiger partial charge in [0.25, 0.3) is 0 Å². The summed E-state index contributed by atoms with van der Waals surface area (Å²) in [5.41, 5.74) is 1.17. The van der Waals surface area contributed by atoms with Crippen LogP contribution in [0.3, 0.4) is 0 Å². The summed E-state index contributed by atoms with van der Waals surface area (Å²) in [7, 11) is 3.68. The molecule has 0 unspecified atom stereocenters. The molecule has 0 saturated heterocycles. The van der Waals surface area contributed by atoms with Crippen molar-refractivity contribution in [3.05, 3.63) is 36.0 Å². The van der Waals surface area contributed by atoms with Gasteiger partial charge in [-0.15, -0.1) is 5.10 Å². The predicted octanol–water partition coefficient (Wildman–Crippen LogP) is 2.77. The molecule has 0 aliphatic heterocycles. The minimum Gasteiger partial charge on any atom is -0.496 e. The van der Waals surface area contributed by atoms with Gasteiger partial charge in [-0.3, -0.25) is 0 Å². The highest BCUT2D eigenvalue weighted by Gasteiger charge is 2.06. The van der Waals surface area contributed by atoms with Crippen molar-refractivity contribution >= 4 is 11.8 Å². The van der Waals surface area contributed by atoms with Crippen molar-refractivity contribution in [2.45, 2.75) is 26.2 Å². The number of methoxy groups -OCH3 is 1. The number of nitrogens with zero attached hydrogens (tertiary/aromatic N) is 4. The van der Waals surface area contributed by atoms with E-state index in [0.29, 0.717) is 5.95 Å². The Kier molecular flexibility index (Phi) is 6.59. The first-order valence-corrected chi connectivity index (χ1v) is 8.01. The summed E-state index contributed by atoms with van der Waals surface area (Å²) in [6.45, 7) is 3.86. The van der Waals surface area contributed by atoms with Gasteiger partial charge in [-0.2, -0.15) is 10.1 Å². The Bertz CT molecular complexity index is 605. The fraction of sp³-hybridized carbons (Fsp3) is 0.471. The molecule has 2 aromatic rings. The summed E-state index contributed by atoms with van der Waals surface area (Å²) in [6.07, 6.45) is 4.77. The molecule has 0 saturated carbocycles. The smallest absolute Gasteiger partial charge is 0.247 e. The molecule has 1 heterocycles. The van der Waals surface area contributed by atoms with Crippen molar-refractivity contribution in [3.63, 3.8) is 0 Å². The molecule has 0 atom stereocenters. The van der Waals surface area contributed by atoms with Gasteiger partial charge in [-0.1, -0.05) is 31.5 Å². The molecule has 23 heavy (non-hydrogen) atoms. The van der Waals surface area contributed by atoms with E-state index < -0.39 is 0 Å². The zero-order valence-electron chi connectivity index (χ0n) is 14.1. The summed E-state index contributed by atoms with van der Waals surface area (Å²) in [5, 5.41) is 11.4. The van der Waals surface area contributed by atoms with Crippen LogP contribution in [0.2, 0.25) is 0 Å². The van der Waals surface area contributed by atoms with Gasteiger partial charge in [0.2, 0.25) is 5.95 Å². The van der Waals surface area contributed by atoms with Crippen LogP contribution >= 0.6 is 0 Å². The van der Waals surface area contributed by atoms with Crippen LogP contribution in [0.25, 0.3) is 0 Å². The maximum absolute atomic E-state index is 5.36. The van der Waals surface area contributed by atoms with E-state index in [2.05, 4.69) is 33.5 Å². The van der Waals surface area contributed by atoms with Crippen molar-refractivity contribution in [2.24, 2.45) is 0 Å². The highest BCUT2D eigenvalue weighted by atomic mass is 16.5. The molecule has 1 N–H and O–H groups in total. The van der Waals surface area contributed by atoms with Crippen molar-refractivity contribution in [1.29, 1.82) is 0 Å². The topological polar surface area (TPSA) is 63.2 Å². The van der Waals surface area contributed by atoms with Gasteiger partial charge in [0.05, 0.1) is 13.3 Å². The first-order chi connectivity index (χ1) is 11.2. The molecule has 6 nitrogen and oxygen atoms in total. The lowest BCUT2D eigenvalue weighted by Gasteiger charge is -2.16. The highest BCUT2D eigenvalue weighted by molar-refractivity contribution is 5.39. The molecule has 0 spiro atoms. The van der Waals surface area contributed by atoms with Gasteiger partial charge in [0.15, 0.2) is 5.82 Å². The summed E-state index contributed by atoms with van der Waals surface area (Å²) in [6, 6.07) is 8.04. The van der Waals surface area contributed by atoms with E-state index in [9.17, 15) is 0 Å². The van der Waals surface area contributed by atoms with Gasteiger partial charge in [0.1, 0.15) is 5.75 Å². The molecule has 2 rings (SSSR count). The SMILES string of the molecule is CCCCN(C)c1nncc(NCCc2ccccc2OC)n1. The van der Waals surface area contributed by atoms with Crippen molar-refractivity contribution in [1.82, 2.24) is 15.2 Å². The molecule has 0 fully saturated rings. The number of nitrogens with one attached hydrogen (secondary N) is 1. The van der Waals surface area contributed by atoms with Crippen LogP contribution in [-0.2, 0) is 6.42 Å². The Hall–Kier alpha value is -2.37. The molecule has 1 aromatic carbocycles. The predicted molar refractivity (Wildman–Crippen MR) is 93.2 cm³/mol. The lowest BCUT2D eigenvalue weighted by molar-refractivity contribution is 0.410. The van der Waals surface area contributed by atoms with Crippen LogP contribution in [0.5, 0.6) is 5.75 Å². The summed E-state index contributed by atoms with van der Waals surface area (Å²) >= 11 is 0. The first kappa shape index (κ1) is 17.0. The van der Waals surface area contributed by atoms with Crippen LogP contribution in [0.4, 0.5) is 11.8 Å². The molecule has 1 aromatic heterocycles. The zero-order chi connectivity index (χ0) is 16.5. The van der Waals surface area contributed by atoms with E-state index in [1.165, 1.54) is 5.56 Å². The Balaban J connectivity index is 1.90. The number of benzene rings is 1.